The molecule has 0 heterocycles. The van der Waals surface area contributed by atoms with Crippen LogP contribution in [0.3, 0.4) is 0 Å². The Labute approximate surface area is 82.5 Å². The molecule has 0 unspecified atom stereocenters. The molecule has 0 fully saturated rings. The van der Waals surface area contributed by atoms with E-state index >= 15 is 0 Å². The molecule has 0 aliphatic heterocycles. The zero-order valence-corrected chi connectivity index (χ0v) is 8.02. The van der Waals surface area contributed by atoms with Gasteiger partial charge in [-0.2, -0.15) is 0 Å². The van der Waals surface area contributed by atoms with Gasteiger partial charge >= 0.3 is 0 Å². The molecule has 0 bridgehead atoms. The first kappa shape index (κ1) is 9.91. The second-order valence-corrected chi connectivity index (χ2v) is 2.90. The number of rotatable bonds is 1. The number of halogens is 1. The van der Waals surface area contributed by atoms with Gasteiger partial charge in [0, 0.05) is 5.56 Å². The number of benzene rings is 1. The van der Waals surface area contributed by atoms with E-state index in [0.29, 0.717) is 11.6 Å². The van der Waals surface area contributed by atoms with Gasteiger partial charge in [0.05, 0.1) is 11.6 Å². The van der Waals surface area contributed by atoms with Gasteiger partial charge in [-0.3, -0.25) is 0 Å². The molecular weight excluding hydrogens is 186 g/mol. The van der Waals surface area contributed by atoms with E-state index in [2.05, 4.69) is 17.2 Å². The molecule has 0 atom stereocenters. The Morgan fingerprint density at radius 2 is 2.31 bits per heavy atom. The van der Waals surface area contributed by atoms with Crippen molar-refractivity contribution in [3.05, 3.63) is 28.8 Å². The summed E-state index contributed by atoms with van der Waals surface area (Å²) in [5, 5.41) is 12.4. The van der Waals surface area contributed by atoms with E-state index in [1.165, 1.54) is 6.07 Å². The van der Waals surface area contributed by atoms with Crippen LogP contribution in [0.5, 0.6) is 5.75 Å². The highest BCUT2D eigenvalue weighted by atomic mass is 35.5. The van der Waals surface area contributed by atoms with Crippen LogP contribution in [0.25, 0.3) is 0 Å². The number of hydrogen-bond acceptors (Lipinski definition) is 2. The van der Waals surface area contributed by atoms with Crippen molar-refractivity contribution < 1.29 is 5.11 Å². The average Bonchev–Trinajstić information content (AvgIpc) is 2.09. The summed E-state index contributed by atoms with van der Waals surface area (Å²) in [6, 6.07) is 4.74. The molecule has 13 heavy (non-hydrogen) atoms. The molecule has 1 aromatic carbocycles. The van der Waals surface area contributed by atoms with Gasteiger partial charge in [-0.05, 0) is 25.2 Å². The van der Waals surface area contributed by atoms with Crippen molar-refractivity contribution in [2.45, 2.75) is 0 Å². The maximum atomic E-state index is 9.06. The summed E-state index contributed by atoms with van der Waals surface area (Å²) < 4.78 is 0. The Hall–Kier alpha value is -1.17. The maximum absolute atomic E-state index is 9.06. The summed E-state index contributed by atoms with van der Waals surface area (Å²) >= 11 is 5.83. The predicted molar refractivity (Wildman–Crippen MR) is 53.9 cm³/mol. The van der Waals surface area contributed by atoms with Crippen LogP contribution in [0.2, 0.25) is 5.02 Å². The zero-order valence-electron chi connectivity index (χ0n) is 7.26. The number of phenolic OH excluding ortho intramolecular Hbond substituents is 1. The van der Waals surface area contributed by atoms with Crippen molar-refractivity contribution in [3.8, 4) is 17.6 Å². The van der Waals surface area contributed by atoms with E-state index in [-0.39, 0.29) is 5.75 Å². The Balaban J connectivity index is 2.85. The molecule has 0 aliphatic rings. The van der Waals surface area contributed by atoms with Gasteiger partial charge in [0.1, 0.15) is 5.75 Å². The molecule has 3 heteroatoms. The second-order valence-electron chi connectivity index (χ2n) is 2.50. The number of aromatic hydroxyl groups is 1. The van der Waals surface area contributed by atoms with E-state index < -0.39 is 0 Å². The molecular formula is C10H10ClNO. The van der Waals surface area contributed by atoms with E-state index in [9.17, 15) is 0 Å². The van der Waals surface area contributed by atoms with Gasteiger partial charge in [-0.1, -0.05) is 23.4 Å². The predicted octanol–water partition coefficient (Wildman–Crippen LogP) is 1.62. The van der Waals surface area contributed by atoms with Crippen molar-refractivity contribution in [3.63, 3.8) is 0 Å². The fraction of sp³-hybridized carbons (Fsp3) is 0.200. The lowest BCUT2D eigenvalue weighted by Crippen LogP contribution is -2.04. The van der Waals surface area contributed by atoms with Gasteiger partial charge in [0.2, 0.25) is 0 Å². The molecule has 0 spiro atoms. The molecule has 0 aliphatic carbocycles. The van der Waals surface area contributed by atoms with Crippen LogP contribution in [0.15, 0.2) is 18.2 Å². The highest BCUT2D eigenvalue weighted by Crippen LogP contribution is 2.20. The Kier molecular flexibility index (Phi) is 3.63. The minimum absolute atomic E-state index is 0.157. The van der Waals surface area contributed by atoms with E-state index in [0.717, 1.165) is 5.56 Å². The number of nitrogens with one attached hydrogen (secondary N) is 1. The van der Waals surface area contributed by atoms with Crippen LogP contribution in [-0.4, -0.2) is 18.7 Å². The van der Waals surface area contributed by atoms with Crippen molar-refractivity contribution in [1.29, 1.82) is 0 Å². The monoisotopic (exact) mass is 195 g/mol. The smallest absolute Gasteiger partial charge is 0.117 e. The largest absolute Gasteiger partial charge is 0.508 e. The first-order valence-corrected chi connectivity index (χ1v) is 4.24. The van der Waals surface area contributed by atoms with Crippen LogP contribution in [0.1, 0.15) is 5.56 Å². The van der Waals surface area contributed by atoms with Gasteiger partial charge in [0.15, 0.2) is 0 Å². The van der Waals surface area contributed by atoms with Gasteiger partial charge in [0.25, 0.3) is 0 Å². The number of phenols is 1. The average molecular weight is 196 g/mol. The van der Waals surface area contributed by atoms with Gasteiger partial charge < -0.3 is 10.4 Å². The first-order valence-electron chi connectivity index (χ1n) is 3.86. The molecule has 0 aromatic heterocycles. The highest BCUT2D eigenvalue weighted by Gasteiger charge is 1.96. The Morgan fingerprint density at radius 3 is 2.92 bits per heavy atom. The summed E-state index contributed by atoms with van der Waals surface area (Å²) in [4.78, 5) is 0. The SMILES string of the molecule is CNCC#Cc1ccc(O)cc1Cl. The fourth-order valence-corrected chi connectivity index (χ4v) is 1.06. The third-order valence-electron chi connectivity index (χ3n) is 1.44. The van der Waals surface area contributed by atoms with E-state index in [4.69, 9.17) is 16.7 Å². The summed E-state index contributed by atoms with van der Waals surface area (Å²) in [6.45, 7) is 0.622. The fourth-order valence-electron chi connectivity index (χ4n) is 0.833. The summed E-state index contributed by atoms with van der Waals surface area (Å²) in [5.74, 6) is 5.93. The van der Waals surface area contributed by atoms with Gasteiger partial charge in [-0.25, -0.2) is 0 Å². The van der Waals surface area contributed by atoms with Crippen LogP contribution in [-0.2, 0) is 0 Å². The lowest BCUT2D eigenvalue weighted by molar-refractivity contribution is 0.475. The quantitative estimate of drug-likeness (QED) is 0.668. The molecule has 1 aromatic rings. The third-order valence-corrected chi connectivity index (χ3v) is 1.75. The van der Waals surface area contributed by atoms with Crippen molar-refractivity contribution >= 4 is 11.6 Å². The molecule has 0 amide bonds. The zero-order chi connectivity index (χ0) is 9.68. The molecule has 2 N–H and O–H groups in total. The van der Waals surface area contributed by atoms with Crippen LogP contribution in [0.4, 0.5) is 0 Å². The van der Waals surface area contributed by atoms with Gasteiger partial charge in [-0.15, -0.1) is 0 Å². The molecule has 1 rings (SSSR count). The standard InChI is InChI=1S/C10H10ClNO/c1-12-6-2-3-8-4-5-9(13)7-10(8)11/h4-5,7,12-13H,6H2,1H3. The Bertz CT molecular complexity index is 352. The minimum Gasteiger partial charge on any atom is -0.508 e. The van der Waals surface area contributed by atoms with Crippen molar-refractivity contribution in [2.75, 3.05) is 13.6 Å². The van der Waals surface area contributed by atoms with Crippen molar-refractivity contribution in [1.82, 2.24) is 5.32 Å². The normalized spacial score (nSPS) is 9.08. The Morgan fingerprint density at radius 1 is 1.54 bits per heavy atom. The van der Waals surface area contributed by atoms with Crippen molar-refractivity contribution in [2.24, 2.45) is 0 Å². The first-order chi connectivity index (χ1) is 6.24. The lowest BCUT2D eigenvalue weighted by Gasteiger charge is -1.95. The highest BCUT2D eigenvalue weighted by molar-refractivity contribution is 6.31. The third kappa shape index (κ3) is 2.98. The second kappa shape index (κ2) is 4.76. The molecule has 0 saturated carbocycles. The lowest BCUT2D eigenvalue weighted by atomic mass is 10.2. The summed E-state index contributed by atoms with van der Waals surface area (Å²) in [7, 11) is 1.83. The maximum Gasteiger partial charge on any atom is 0.117 e. The molecule has 0 saturated heterocycles. The minimum atomic E-state index is 0.157. The molecule has 2 nitrogen and oxygen atoms in total. The van der Waals surface area contributed by atoms with Crippen LogP contribution in [0, 0.1) is 11.8 Å². The van der Waals surface area contributed by atoms with E-state index in [1.54, 1.807) is 12.1 Å². The number of hydrogen-bond donors (Lipinski definition) is 2. The summed E-state index contributed by atoms with van der Waals surface area (Å²) in [5.41, 5.74) is 0.731. The molecule has 0 radical (unpaired) electrons. The summed E-state index contributed by atoms with van der Waals surface area (Å²) in [6.07, 6.45) is 0. The van der Waals surface area contributed by atoms with E-state index in [1.807, 2.05) is 7.05 Å². The topological polar surface area (TPSA) is 32.3 Å². The van der Waals surface area contributed by atoms with Crippen LogP contribution < -0.4 is 5.32 Å². The van der Waals surface area contributed by atoms with Crippen LogP contribution >= 0.6 is 11.6 Å². The molecule has 68 valence electrons.